The lowest BCUT2D eigenvalue weighted by Gasteiger charge is -2.22. The van der Waals surface area contributed by atoms with Gasteiger partial charge in [-0.2, -0.15) is 0 Å². The van der Waals surface area contributed by atoms with Gasteiger partial charge < -0.3 is 9.64 Å². The van der Waals surface area contributed by atoms with Crippen LogP contribution in [0.5, 0.6) is 5.75 Å². The van der Waals surface area contributed by atoms with Gasteiger partial charge >= 0.3 is 0 Å². The quantitative estimate of drug-likeness (QED) is 0.574. The Bertz CT molecular complexity index is 1000. The number of fused-ring (bicyclic) bond motifs is 1. The standard InChI is InChI=1S/C23H31N5OS/c1-5-29-18-7-8-20-19(13-18)17(4)24-23(26-20)28-10-6-9-27(11-12-28)14-22-25-21(15-30-22)16(2)3/h7-8,13,15-16H,5-6,9-12,14H2,1-4H3. The fourth-order valence-electron chi connectivity index (χ4n) is 3.83. The molecule has 0 aliphatic carbocycles. The summed E-state index contributed by atoms with van der Waals surface area (Å²) in [4.78, 5) is 19.3. The molecule has 7 heteroatoms. The van der Waals surface area contributed by atoms with Gasteiger partial charge in [0.1, 0.15) is 10.8 Å². The van der Waals surface area contributed by atoms with Crippen molar-refractivity contribution in [2.75, 3.05) is 37.7 Å². The molecule has 3 heterocycles. The van der Waals surface area contributed by atoms with Crippen molar-refractivity contribution in [3.8, 4) is 5.75 Å². The molecule has 4 rings (SSSR count). The third-order valence-electron chi connectivity index (χ3n) is 5.55. The predicted molar refractivity (Wildman–Crippen MR) is 124 cm³/mol. The van der Waals surface area contributed by atoms with Crippen molar-refractivity contribution in [1.82, 2.24) is 19.9 Å². The molecule has 30 heavy (non-hydrogen) atoms. The average Bonchev–Trinajstić information content (AvgIpc) is 3.07. The Hall–Kier alpha value is -2.25. The molecule has 1 fully saturated rings. The van der Waals surface area contributed by atoms with Crippen LogP contribution >= 0.6 is 11.3 Å². The maximum absolute atomic E-state index is 5.63. The summed E-state index contributed by atoms with van der Waals surface area (Å²) >= 11 is 1.78. The molecule has 2 aromatic heterocycles. The van der Waals surface area contributed by atoms with E-state index in [1.807, 2.05) is 25.1 Å². The van der Waals surface area contributed by atoms with Gasteiger partial charge in [0.25, 0.3) is 0 Å². The summed E-state index contributed by atoms with van der Waals surface area (Å²) in [6.45, 7) is 14.0. The van der Waals surface area contributed by atoms with Crippen LogP contribution in [0.1, 0.15) is 49.5 Å². The zero-order chi connectivity index (χ0) is 21.1. The summed E-state index contributed by atoms with van der Waals surface area (Å²) in [6, 6.07) is 6.07. The molecule has 0 saturated carbocycles. The molecule has 0 amide bonds. The number of hydrogen-bond acceptors (Lipinski definition) is 7. The van der Waals surface area contributed by atoms with Crippen molar-refractivity contribution >= 4 is 28.2 Å². The number of aryl methyl sites for hydroxylation is 1. The number of anilines is 1. The topological polar surface area (TPSA) is 54.4 Å². The van der Waals surface area contributed by atoms with E-state index in [1.165, 1.54) is 10.7 Å². The van der Waals surface area contributed by atoms with Gasteiger partial charge in [-0.3, -0.25) is 4.90 Å². The maximum Gasteiger partial charge on any atom is 0.226 e. The van der Waals surface area contributed by atoms with Crippen molar-refractivity contribution in [3.05, 3.63) is 40.0 Å². The van der Waals surface area contributed by atoms with Gasteiger partial charge in [-0.25, -0.2) is 15.0 Å². The summed E-state index contributed by atoms with van der Waals surface area (Å²) in [7, 11) is 0. The number of hydrogen-bond donors (Lipinski definition) is 0. The van der Waals surface area contributed by atoms with Crippen LogP contribution < -0.4 is 9.64 Å². The van der Waals surface area contributed by atoms with Crippen molar-refractivity contribution in [2.24, 2.45) is 0 Å². The van der Waals surface area contributed by atoms with Crippen LogP contribution in [0, 0.1) is 6.92 Å². The minimum Gasteiger partial charge on any atom is -0.494 e. The number of rotatable bonds is 6. The van der Waals surface area contributed by atoms with E-state index in [9.17, 15) is 0 Å². The zero-order valence-corrected chi connectivity index (χ0v) is 19.2. The Balaban J connectivity index is 1.45. The highest BCUT2D eigenvalue weighted by atomic mass is 32.1. The minimum atomic E-state index is 0.493. The number of aromatic nitrogens is 3. The molecule has 160 valence electrons. The number of nitrogens with zero attached hydrogens (tertiary/aromatic N) is 5. The van der Waals surface area contributed by atoms with E-state index in [2.05, 4.69) is 36.0 Å². The predicted octanol–water partition coefficient (Wildman–Crippen LogP) is 4.63. The van der Waals surface area contributed by atoms with Gasteiger partial charge in [0, 0.05) is 36.9 Å². The van der Waals surface area contributed by atoms with Crippen LogP contribution in [0.2, 0.25) is 0 Å². The molecule has 0 unspecified atom stereocenters. The molecular weight excluding hydrogens is 394 g/mol. The van der Waals surface area contributed by atoms with Gasteiger partial charge in [0.2, 0.25) is 5.95 Å². The largest absolute Gasteiger partial charge is 0.494 e. The Morgan fingerprint density at radius 1 is 1.10 bits per heavy atom. The first kappa shape index (κ1) is 21.0. The van der Waals surface area contributed by atoms with Crippen LogP contribution in [0.3, 0.4) is 0 Å². The lowest BCUT2D eigenvalue weighted by Crippen LogP contribution is -2.31. The molecular formula is C23H31N5OS. The molecule has 0 radical (unpaired) electrons. The summed E-state index contributed by atoms with van der Waals surface area (Å²) in [5.41, 5.74) is 3.19. The van der Waals surface area contributed by atoms with Crippen LogP contribution in [0.15, 0.2) is 23.6 Å². The molecule has 1 saturated heterocycles. The molecule has 1 aliphatic rings. The molecule has 0 bridgehead atoms. The fraction of sp³-hybridized carbons (Fsp3) is 0.522. The highest BCUT2D eigenvalue weighted by molar-refractivity contribution is 7.09. The zero-order valence-electron chi connectivity index (χ0n) is 18.4. The van der Waals surface area contributed by atoms with E-state index in [1.54, 1.807) is 11.3 Å². The van der Waals surface area contributed by atoms with Crippen LogP contribution in [0.4, 0.5) is 5.95 Å². The monoisotopic (exact) mass is 425 g/mol. The highest BCUT2D eigenvalue weighted by Gasteiger charge is 2.19. The third kappa shape index (κ3) is 4.73. The molecule has 1 aromatic carbocycles. The van der Waals surface area contributed by atoms with Gasteiger partial charge in [0.05, 0.1) is 30.1 Å². The second-order valence-corrected chi connectivity index (χ2v) is 9.10. The van der Waals surface area contributed by atoms with Crippen molar-refractivity contribution in [2.45, 2.75) is 46.6 Å². The second-order valence-electron chi connectivity index (χ2n) is 8.16. The lowest BCUT2D eigenvalue weighted by atomic mass is 10.2. The molecule has 0 atom stereocenters. The third-order valence-corrected chi connectivity index (χ3v) is 6.40. The lowest BCUT2D eigenvalue weighted by molar-refractivity contribution is 0.285. The summed E-state index contributed by atoms with van der Waals surface area (Å²) in [6.07, 6.45) is 1.10. The van der Waals surface area contributed by atoms with Gasteiger partial charge in [-0.1, -0.05) is 13.8 Å². The highest BCUT2D eigenvalue weighted by Crippen LogP contribution is 2.25. The van der Waals surface area contributed by atoms with Crippen LogP contribution in [0.25, 0.3) is 10.9 Å². The Morgan fingerprint density at radius 2 is 1.97 bits per heavy atom. The smallest absolute Gasteiger partial charge is 0.226 e. The van der Waals surface area contributed by atoms with Crippen molar-refractivity contribution in [3.63, 3.8) is 0 Å². The summed E-state index contributed by atoms with van der Waals surface area (Å²) in [5, 5.41) is 4.48. The fourth-order valence-corrected chi connectivity index (χ4v) is 4.82. The van der Waals surface area contributed by atoms with Crippen LogP contribution in [-0.2, 0) is 6.54 Å². The van der Waals surface area contributed by atoms with Crippen molar-refractivity contribution < 1.29 is 4.74 Å². The van der Waals surface area contributed by atoms with E-state index in [-0.39, 0.29) is 0 Å². The maximum atomic E-state index is 5.63. The summed E-state index contributed by atoms with van der Waals surface area (Å²) in [5.74, 6) is 2.20. The Kier molecular flexibility index (Phi) is 6.49. The molecule has 0 N–H and O–H groups in total. The van der Waals surface area contributed by atoms with Gasteiger partial charge in [-0.15, -0.1) is 11.3 Å². The summed E-state index contributed by atoms with van der Waals surface area (Å²) < 4.78 is 5.63. The van der Waals surface area contributed by atoms with E-state index >= 15 is 0 Å². The Morgan fingerprint density at radius 3 is 2.73 bits per heavy atom. The van der Waals surface area contributed by atoms with Gasteiger partial charge in [-0.05, 0) is 44.4 Å². The number of benzene rings is 1. The molecule has 3 aromatic rings. The number of thiazole rings is 1. The van der Waals surface area contributed by atoms with E-state index < -0.39 is 0 Å². The Labute approximate surface area is 182 Å². The number of ether oxygens (including phenoxy) is 1. The normalized spacial score (nSPS) is 15.7. The minimum absolute atomic E-state index is 0.493. The van der Waals surface area contributed by atoms with Crippen molar-refractivity contribution in [1.29, 1.82) is 0 Å². The van der Waals surface area contributed by atoms with Crippen LogP contribution in [-0.4, -0.2) is 52.6 Å². The van der Waals surface area contributed by atoms with E-state index in [4.69, 9.17) is 19.7 Å². The molecule has 6 nitrogen and oxygen atoms in total. The first-order valence-electron chi connectivity index (χ1n) is 10.9. The van der Waals surface area contributed by atoms with Gasteiger partial charge in [0.15, 0.2) is 0 Å². The molecule has 1 aliphatic heterocycles. The second kappa shape index (κ2) is 9.27. The average molecular weight is 426 g/mol. The molecule has 0 spiro atoms. The SMILES string of the molecule is CCOc1ccc2nc(N3CCCN(Cc4nc(C(C)C)cs4)CC3)nc(C)c2c1. The first-order valence-corrected chi connectivity index (χ1v) is 11.7. The van der Waals surface area contributed by atoms with E-state index in [0.717, 1.165) is 67.4 Å². The van der Waals surface area contributed by atoms with E-state index in [0.29, 0.717) is 12.5 Å². The first-order chi connectivity index (χ1) is 14.5.